The van der Waals surface area contributed by atoms with E-state index in [9.17, 15) is 4.79 Å². The summed E-state index contributed by atoms with van der Waals surface area (Å²) < 4.78 is 5.74. The molecule has 2 aromatic rings. The van der Waals surface area contributed by atoms with E-state index >= 15 is 0 Å². The fourth-order valence-electron chi connectivity index (χ4n) is 2.33. The van der Waals surface area contributed by atoms with E-state index in [4.69, 9.17) is 4.42 Å². The molecular formula is C16H19N5O2. The molecule has 0 unspecified atom stereocenters. The average Bonchev–Trinajstić information content (AvgIpc) is 3.05. The summed E-state index contributed by atoms with van der Waals surface area (Å²) in [5.41, 5.74) is 2.97. The summed E-state index contributed by atoms with van der Waals surface area (Å²) in [7, 11) is 2.11. The van der Waals surface area contributed by atoms with Crippen LogP contribution in [-0.4, -0.2) is 55.2 Å². The van der Waals surface area contributed by atoms with Gasteiger partial charge in [-0.05, 0) is 25.2 Å². The first-order valence-electron chi connectivity index (χ1n) is 7.49. The van der Waals surface area contributed by atoms with Crippen molar-refractivity contribution in [1.82, 2.24) is 15.3 Å². The maximum atomic E-state index is 11.8. The molecule has 0 aromatic carbocycles. The standard InChI is InChI=1S/C16H19N5O2/c1-20-8-10-21(11-9-20)15-3-2-14(23-15)12-18-19-16(22)13-4-6-17-7-5-13/h2-7,12H,8-11H2,1H3,(H,19,22)/b18-12-. The molecule has 3 rings (SSSR count). The lowest BCUT2D eigenvalue weighted by Crippen LogP contribution is -2.44. The summed E-state index contributed by atoms with van der Waals surface area (Å²) in [4.78, 5) is 20.2. The van der Waals surface area contributed by atoms with Crippen molar-refractivity contribution in [2.24, 2.45) is 5.10 Å². The number of aromatic nitrogens is 1. The number of pyridine rings is 1. The van der Waals surface area contributed by atoms with Gasteiger partial charge in [0.1, 0.15) is 5.76 Å². The third-order valence-electron chi connectivity index (χ3n) is 3.73. The molecule has 0 radical (unpaired) electrons. The molecule has 1 amide bonds. The highest BCUT2D eigenvalue weighted by Gasteiger charge is 2.16. The van der Waals surface area contributed by atoms with Gasteiger partial charge < -0.3 is 14.2 Å². The summed E-state index contributed by atoms with van der Waals surface area (Å²) in [6.07, 6.45) is 4.62. The Bertz CT molecular complexity index is 675. The first kappa shape index (κ1) is 15.2. The molecular weight excluding hydrogens is 294 g/mol. The number of likely N-dealkylation sites (N-methyl/N-ethyl adjacent to an activating group) is 1. The van der Waals surface area contributed by atoms with Gasteiger partial charge in [-0.25, -0.2) is 5.43 Å². The molecule has 120 valence electrons. The molecule has 0 atom stereocenters. The first-order chi connectivity index (χ1) is 11.2. The van der Waals surface area contributed by atoms with Crippen molar-refractivity contribution in [2.75, 3.05) is 38.1 Å². The van der Waals surface area contributed by atoms with E-state index in [1.54, 1.807) is 24.5 Å². The lowest BCUT2D eigenvalue weighted by atomic mass is 10.3. The molecule has 0 aliphatic carbocycles. The molecule has 3 heterocycles. The summed E-state index contributed by atoms with van der Waals surface area (Å²) >= 11 is 0. The lowest BCUT2D eigenvalue weighted by molar-refractivity contribution is 0.0955. The van der Waals surface area contributed by atoms with Gasteiger partial charge in [-0.1, -0.05) is 0 Å². The fourth-order valence-corrected chi connectivity index (χ4v) is 2.33. The van der Waals surface area contributed by atoms with Gasteiger partial charge in [0, 0.05) is 50.2 Å². The van der Waals surface area contributed by atoms with E-state index in [2.05, 4.69) is 32.4 Å². The smallest absolute Gasteiger partial charge is 0.271 e. The minimum absolute atomic E-state index is 0.283. The van der Waals surface area contributed by atoms with Crippen LogP contribution in [0.4, 0.5) is 5.88 Å². The van der Waals surface area contributed by atoms with Crippen molar-refractivity contribution in [1.29, 1.82) is 0 Å². The van der Waals surface area contributed by atoms with E-state index in [-0.39, 0.29) is 5.91 Å². The zero-order valence-corrected chi connectivity index (χ0v) is 13.0. The molecule has 7 heteroatoms. The van der Waals surface area contributed by atoms with Gasteiger partial charge in [0.05, 0.1) is 6.21 Å². The van der Waals surface area contributed by atoms with Crippen LogP contribution in [0.15, 0.2) is 46.2 Å². The average molecular weight is 313 g/mol. The lowest BCUT2D eigenvalue weighted by Gasteiger charge is -2.32. The van der Waals surface area contributed by atoms with Crippen LogP contribution in [0.5, 0.6) is 0 Å². The minimum Gasteiger partial charge on any atom is -0.440 e. The molecule has 1 fully saturated rings. The van der Waals surface area contributed by atoms with Gasteiger partial charge in [-0.3, -0.25) is 9.78 Å². The van der Waals surface area contributed by atoms with Crippen LogP contribution in [-0.2, 0) is 0 Å². The molecule has 0 spiro atoms. The number of furan rings is 1. The highest BCUT2D eigenvalue weighted by atomic mass is 16.4. The van der Waals surface area contributed by atoms with Crippen LogP contribution in [0.3, 0.4) is 0 Å². The van der Waals surface area contributed by atoms with Crippen LogP contribution in [0.25, 0.3) is 0 Å². The molecule has 1 saturated heterocycles. The maximum absolute atomic E-state index is 11.8. The van der Waals surface area contributed by atoms with Gasteiger partial charge in [-0.15, -0.1) is 0 Å². The Morgan fingerprint density at radius 2 is 1.96 bits per heavy atom. The topological polar surface area (TPSA) is 74.0 Å². The van der Waals surface area contributed by atoms with Gasteiger partial charge in [0.15, 0.2) is 5.88 Å². The van der Waals surface area contributed by atoms with Crippen LogP contribution >= 0.6 is 0 Å². The second-order valence-corrected chi connectivity index (χ2v) is 5.40. The van der Waals surface area contributed by atoms with Crippen molar-refractivity contribution in [3.8, 4) is 0 Å². The molecule has 23 heavy (non-hydrogen) atoms. The minimum atomic E-state index is -0.283. The number of nitrogens with one attached hydrogen (secondary N) is 1. The fraction of sp³-hybridized carbons (Fsp3) is 0.312. The second kappa shape index (κ2) is 7.06. The van der Waals surface area contributed by atoms with E-state index in [0.29, 0.717) is 11.3 Å². The summed E-state index contributed by atoms with van der Waals surface area (Å²) in [6.45, 7) is 3.93. The number of piperazine rings is 1. The largest absolute Gasteiger partial charge is 0.440 e. The predicted molar refractivity (Wildman–Crippen MR) is 87.7 cm³/mol. The molecule has 0 saturated carbocycles. The third kappa shape index (κ3) is 3.95. The number of hydrogen-bond acceptors (Lipinski definition) is 6. The molecule has 1 aliphatic rings. The van der Waals surface area contributed by atoms with Crippen molar-refractivity contribution in [2.45, 2.75) is 0 Å². The van der Waals surface area contributed by atoms with Crippen LogP contribution in [0.2, 0.25) is 0 Å². The summed E-state index contributed by atoms with van der Waals surface area (Å²) in [5, 5.41) is 3.92. The highest BCUT2D eigenvalue weighted by molar-refractivity contribution is 5.94. The number of carbonyl (C=O) groups is 1. The normalized spacial score (nSPS) is 16.0. The van der Waals surface area contributed by atoms with E-state index in [0.717, 1.165) is 32.1 Å². The van der Waals surface area contributed by atoms with E-state index in [1.807, 2.05) is 12.1 Å². The van der Waals surface area contributed by atoms with Crippen molar-refractivity contribution in [3.63, 3.8) is 0 Å². The van der Waals surface area contributed by atoms with Crippen LogP contribution < -0.4 is 10.3 Å². The highest BCUT2D eigenvalue weighted by Crippen LogP contribution is 2.18. The quantitative estimate of drug-likeness (QED) is 0.678. The van der Waals surface area contributed by atoms with Gasteiger partial charge >= 0.3 is 0 Å². The number of rotatable bonds is 4. The summed E-state index contributed by atoms with van der Waals surface area (Å²) in [6, 6.07) is 7.03. The Kier molecular flexibility index (Phi) is 4.68. The van der Waals surface area contributed by atoms with Crippen LogP contribution in [0, 0.1) is 0 Å². The Morgan fingerprint density at radius 1 is 1.22 bits per heavy atom. The zero-order valence-electron chi connectivity index (χ0n) is 13.0. The van der Waals surface area contributed by atoms with Gasteiger partial charge in [-0.2, -0.15) is 5.10 Å². The van der Waals surface area contributed by atoms with Crippen LogP contribution in [0.1, 0.15) is 16.1 Å². The Morgan fingerprint density at radius 3 is 2.70 bits per heavy atom. The van der Waals surface area contributed by atoms with Crippen molar-refractivity contribution in [3.05, 3.63) is 48.0 Å². The number of carbonyl (C=O) groups excluding carboxylic acids is 1. The zero-order chi connectivity index (χ0) is 16.1. The van der Waals surface area contributed by atoms with E-state index < -0.39 is 0 Å². The first-order valence-corrected chi connectivity index (χ1v) is 7.49. The van der Waals surface area contributed by atoms with Crippen molar-refractivity contribution < 1.29 is 9.21 Å². The monoisotopic (exact) mass is 313 g/mol. The number of nitrogens with zero attached hydrogens (tertiary/aromatic N) is 4. The maximum Gasteiger partial charge on any atom is 0.271 e. The van der Waals surface area contributed by atoms with E-state index in [1.165, 1.54) is 6.21 Å². The van der Waals surface area contributed by atoms with Gasteiger partial charge in [0.2, 0.25) is 0 Å². The Balaban J connectivity index is 1.55. The molecule has 1 aliphatic heterocycles. The SMILES string of the molecule is CN1CCN(c2ccc(/C=N\NC(=O)c3ccncc3)o2)CC1. The van der Waals surface area contributed by atoms with Gasteiger partial charge in [0.25, 0.3) is 5.91 Å². The Hall–Kier alpha value is -2.67. The summed E-state index contributed by atoms with van der Waals surface area (Å²) in [5.74, 6) is 1.16. The number of amides is 1. The Labute approximate surface area is 134 Å². The third-order valence-corrected chi connectivity index (χ3v) is 3.73. The molecule has 2 aromatic heterocycles. The molecule has 0 bridgehead atoms. The number of hydrazone groups is 1. The predicted octanol–water partition coefficient (Wildman–Crippen LogP) is 1.19. The molecule has 1 N–H and O–H groups in total. The number of hydrogen-bond donors (Lipinski definition) is 1. The second-order valence-electron chi connectivity index (χ2n) is 5.40. The van der Waals surface area contributed by atoms with Crippen molar-refractivity contribution >= 4 is 18.0 Å². The molecule has 7 nitrogen and oxygen atoms in total. The number of anilines is 1.